The zero-order valence-electron chi connectivity index (χ0n) is 13.7. The van der Waals surface area contributed by atoms with E-state index in [-0.39, 0.29) is 29.8 Å². The van der Waals surface area contributed by atoms with Gasteiger partial charge in [0.25, 0.3) is 0 Å². The van der Waals surface area contributed by atoms with Gasteiger partial charge in [0.1, 0.15) is 0 Å². The molecule has 1 fully saturated rings. The normalized spacial score (nSPS) is 21.2. The minimum absolute atomic E-state index is 0. The van der Waals surface area contributed by atoms with Crippen molar-refractivity contribution in [3.8, 4) is 0 Å². The second-order valence-electron chi connectivity index (χ2n) is 6.89. The third kappa shape index (κ3) is 5.29. The summed E-state index contributed by atoms with van der Waals surface area (Å²) in [4.78, 5) is 12.5. The quantitative estimate of drug-likeness (QED) is 0.843. The highest BCUT2D eigenvalue weighted by molar-refractivity contribution is 5.85. The second kappa shape index (κ2) is 8.54. The maximum atomic E-state index is 12.5. The average molecular weight is 325 g/mol. The standard InChI is InChI=1S/C18H28N2O.ClH/c1-18(2,12-11-14-7-4-3-5-8-14)20-17(21)16-10-6-9-15(16)13-19;/h3-5,7-8,15-16H,6,9-13,19H2,1-2H3,(H,20,21);1H/t15-,16-;/m1./s1. The first-order chi connectivity index (χ1) is 10.0. The summed E-state index contributed by atoms with van der Waals surface area (Å²) in [6.45, 7) is 4.85. The molecule has 0 saturated heterocycles. The first kappa shape index (κ1) is 19.0. The van der Waals surface area contributed by atoms with Crippen molar-refractivity contribution >= 4 is 18.3 Å². The van der Waals surface area contributed by atoms with Crippen molar-refractivity contribution in [3.05, 3.63) is 35.9 Å². The number of halogens is 1. The summed E-state index contributed by atoms with van der Waals surface area (Å²) in [5.41, 5.74) is 6.93. The van der Waals surface area contributed by atoms with Crippen molar-refractivity contribution in [2.45, 2.75) is 51.5 Å². The lowest BCUT2D eigenvalue weighted by Gasteiger charge is -2.29. The Morgan fingerprint density at radius 1 is 1.27 bits per heavy atom. The number of hydrogen-bond acceptors (Lipinski definition) is 2. The van der Waals surface area contributed by atoms with Crippen LogP contribution in [0.3, 0.4) is 0 Å². The molecule has 1 aromatic rings. The molecule has 4 heteroatoms. The zero-order chi connectivity index (χ0) is 15.3. The Bertz CT molecular complexity index is 461. The van der Waals surface area contributed by atoms with Crippen molar-refractivity contribution in [3.63, 3.8) is 0 Å². The van der Waals surface area contributed by atoms with Crippen LogP contribution >= 0.6 is 12.4 Å². The van der Waals surface area contributed by atoms with Crippen LogP contribution in [0.2, 0.25) is 0 Å². The molecule has 3 N–H and O–H groups in total. The van der Waals surface area contributed by atoms with Gasteiger partial charge in [-0.05, 0) is 57.6 Å². The van der Waals surface area contributed by atoms with Gasteiger partial charge in [0, 0.05) is 11.5 Å². The Kier molecular flexibility index (Phi) is 7.37. The number of benzene rings is 1. The van der Waals surface area contributed by atoms with Crippen molar-refractivity contribution in [1.29, 1.82) is 0 Å². The summed E-state index contributed by atoms with van der Waals surface area (Å²) >= 11 is 0. The molecule has 0 radical (unpaired) electrons. The third-order valence-electron chi connectivity index (χ3n) is 4.64. The molecule has 0 aromatic heterocycles. The number of rotatable bonds is 6. The highest BCUT2D eigenvalue weighted by Crippen LogP contribution is 2.31. The van der Waals surface area contributed by atoms with E-state index in [1.165, 1.54) is 5.56 Å². The van der Waals surface area contributed by atoms with Crippen molar-refractivity contribution < 1.29 is 4.79 Å². The number of carbonyl (C=O) groups excluding carboxylic acids is 1. The number of nitrogens with one attached hydrogen (secondary N) is 1. The van der Waals surface area contributed by atoms with Gasteiger partial charge in [-0.25, -0.2) is 0 Å². The van der Waals surface area contributed by atoms with Crippen LogP contribution in [0.15, 0.2) is 30.3 Å². The van der Waals surface area contributed by atoms with Crippen molar-refractivity contribution in [2.75, 3.05) is 6.54 Å². The van der Waals surface area contributed by atoms with Gasteiger partial charge in [-0.1, -0.05) is 36.8 Å². The van der Waals surface area contributed by atoms with E-state index in [0.29, 0.717) is 12.5 Å². The molecular weight excluding hydrogens is 296 g/mol. The minimum atomic E-state index is -0.172. The molecule has 2 atom stereocenters. The van der Waals surface area contributed by atoms with Crippen molar-refractivity contribution in [2.24, 2.45) is 17.6 Å². The molecule has 0 spiro atoms. The van der Waals surface area contributed by atoms with E-state index in [4.69, 9.17) is 5.73 Å². The van der Waals surface area contributed by atoms with E-state index < -0.39 is 0 Å². The van der Waals surface area contributed by atoms with Gasteiger partial charge in [0.2, 0.25) is 5.91 Å². The highest BCUT2D eigenvalue weighted by atomic mass is 35.5. The summed E-state index contributed by atoms with van der Waals surface area (Å²) in [5, 5.41) is 3.24. The molecule has 1 aliphatic rings. The van der Waals surface area contributed by atoms with E-state index in [9.17, 15) is 4.79 Å². The van der Waals surface area contributed by atoms with Gasteiger partial charge in [0.05, 0.1) is 0 Å². The number of amides is 1. The molecule has 2 rings (SSSR count). The maximum Gasteiger partial charge on any atom is 0.223 e. The highest BCUT2D eigenvalue weighted by Gasteiger charge is 2.34. The van der Waals surface area contributed by atoms with Gasteiger partial charge in [0.15, 0.2) is 0 Å². The maximum absolute atomic E-state index is 12.5. The SMILES string of the molecule is CC(C)(CCc1ccccc1)NC(=O)[C@@H]1CCC[C@@H]1CN.Cl. The predicted octanol–water partition coefficient (Wildman–Crippen LogP) is 3.31. The molecule has 0 aliphatic heterocycles. The second-order valence-corrected chi connectivity index (χ2v) is 6.89. The molecule has 0 bridgehead atoms. The Hall–Kier alpha value is -1.06. The summed E-state index contributed by atoms with van der Waals surface area (Å²) in [6, 6.07) is 10.4. The average Bonchev–Trinajstić information content (AvgIpc) is 2.94. The fourth-order valence-electron chi connectivity index (χ4n) is 3.25. The van der Waals surface area contributed by atoms with Crippen LogP contribution < -0.4 is 11.1 Å². The molecular formula is C18H29ClN2O. The van der Waals surface area contributed by atoms with E-state index in [1.54, 1.807) is 0 Å². The predicted molar refractivity (Wildman–Crippen MR) is 94.1 cm³/mol. The van der Waals surface area contributed by atoms with Gasteiger partial charge in [-0.3, -0.25) is 4.79 Å². The van der Waals surface area contributed by atoms with Gasteiger partial charge in [-0.2, -0.15) is 0 Å². The van der Waals surface area contributed by atoms with Crippen LogP contribution in [0, 0.1) is 11.8 Å². The van der Waals surface area contributed by atoms with Gasteiger partial charge >= 0.3 is 0 Å². The molecule has 0 heterocycles. The van der Waals surface area contributed by atoms with E-state index in [1.807, 2.05) is 6.07 Å². The lowest BCUT2D eigenvalue weighted by Crippen LogP contribution is -2.47. The van der Waals surface area contributed by atoms with Crippen LogP contribution in [0.5, 0.6) is 0 Å². The molecule has 0 unspecified atom stereocenters. The third-order valence-corrected chi connectivity index (χ3v) is 4.64. The first-order valence-electron chi connectivity index (χ1n) is 8.08. The molecule has 1 saturated carbocycles. The number of hydrogen-bond donors (Lipinski definition) is 2. The van der Waals surface area contributed by atoms with E-state index in [0.717, 1.165) is 32.1 Å². The monoisotopic (exact) mass is 324 g/mol. The van der Waals surface area contributed by atoms with Crippen LogP contribution in [-0.2, 0) is 11.2 Å². The van der Waals surface area contributed by atoms with Crippen LogP contribution in [-0.4, -0.2) is 18.0 Å². The summed E-state index contributed by atoms with van der Waals surface area (Å²) in [7, 11) is 0. The largest absolute Gasteiger partial charge is 0.351 e. The molecule has 1 aliphatic carbocycles. The molecule has 1 aromatic carbocycles. The van der Waals surface area contributed by atoms with Crippen molar-refractivity contribution in [1.82, 2.24) is 5.32 Å². The topological polar surface area (TPSA) is 55.1 Å². The summed E-state index contributed by atoms with van der Waals surface area (Å²) in [6.07, 6.45) is 5.15. The van der Waals surface area contributed by atoms with Crippen LogP contribution in [0.4, 0.5) is 0 Å². The lowest BCUT2D eigenvalue weighted by molar-refractivity contribution is -0.127. The molecule has 1 amide bonds. The Morgan fingerprint density at radius 3 is 2.59 bits per heavy atom. The molecule has 124 valence electrons. The Labute approximate surface area is 140 Å². The Balaban J connectivity index is 0.00000242. The number of carbonyl (C=O) groups is 1. The lowest BCUT2D eigenvalue weighted by atomic mass is 9.91. The smallest absolute Gasteiger partial charge is 0.223 e. The molecule has 3 nitrogen and oxygen atoms in total. The van der Waals surface area contributed by atoms with Gasteiger partial charge < -0.3 is 11.1 Å². The minimum Gasteiger partial charge on any atom is -0.351 e. The first-order valence-corrected chi connectivity index (χ1v) is 8.08. The van der Waals surface area contributed by atoms with E-state index in [2.05, 4.69) is 43.4 Å². The zero-order valence-corrected chi connectivity index (χ0v) is 14.5. The van der Waals surface area contributed by atoms with E-state index >= 15 is 0 Å². The van der Waals surface area contributed by atoms with Crippen LogP contribution in [0.25, 0.3) is 0 Å². The fourth-order valence-corrected chi connectivity index (χ4v) is 3.25. The Morgan fingerprint density at radius 2 is 1.95 bits per heavy atom. The van der Waals surface area contributed by atoms with Gasteiger partial charge in [-0.15, -0.1) is 12.4 Å². The number of nitrogens with two attached hydrogens (primary N) is 1. The number of aryl methyl sites for hydroxylation is 1. The van der Waals surface area contributed by atoms with Crippen LogP contribution in [0.1, 0.15) is 45.1 Å². The molecule has 22 heavy (non-hydrogen) atoms. The summed E-state index contributed by atoms with van der Waals surface area (Å²) in [5.74, 6) is 0.682. The summed E-state index contributed by atoms with van der Waals surface area (Å²) < 4.78 is 0. The fraction of sp³-hybridized carbons (Fsp3) is 0.611.